The zero-order chi connectivity index (χ0) is 41.1. The molecule has 308 valence electrons. The van der Waals surface area contributed by atoms with Gasteiger partial charge in [-0.15, -0.1) is 11.8 Å². The number of ether oxygens (including phenoxy) is 1. The Kier molecular flexibility index (Phi) is 14.0. The van der Waals surface area contributed by atoms with Crippen LogP contribution in [0.2, 0.25) is 0 Å². The Labute approximate surface area is 351 Å². The topological polar surface area (TPSA) is 134 Å². The first-order chi connectivity index (χ1) is 28.7. The van der Waals surface area contributed by atoms with Crippen LogP contribution in [-0.4, -0.2) is 81.4 Å². The molecular weight excluding hydrogens is 783 g/mol. The SMILES string of the molecule is O=C(NS(=O)(=O)c1ccc(NCCSc2ccccc2)c([N+](=O)[O-])c1)c1ccc(N2CCC(Cc3ccccc3-c3ccccc3)(OCCN3CCCCC3)CC2)cc1. The van der Waals surface area contributed by atoms with E-state index in [-0.39, 0.29) is 21.7 Å². The Morgan fingerprint density at radius 1 is 0.814 bits per heavy atom. The third kappa shape index (κ3) is 11.1. The van der Waals surface area contributed by atoms with Gasteiger partial charge in [-0.1, -0.05) is 79.2 Å². The molecule has 7 rings (SSSR count). The Hall–Kier alpha value is -5.21. The van der Waals surface area contributed by atoms with Crippen LogP contribution in [0.3, 0.4) is 0 Å². The summed E-state index contributed by atoms with van der Waals surface area (Å²) >= 11 is 1.60. The number of nitrogens with one attached hydrogen (secondary N) is 2. The standard InChI is InChI=1S/C46H51N5O6S2/c52-45(48-59(55,56)41-22-23-43(44(34-41)51(53)54)47-26-33-58-40-15-6-2-7-16-40)37-18-20-39(21-19-37)50-29-24-46(25-30-50,57-32-31-49-27-10-3-11-28-49)35-38-14-8-9-17-42(38)36-12-4-1-5-13-36/h1-2,4-9,12-23,34,47H,3,10-11,24-33,35H2,(H,48,52). The number of hydrogen-bond donors (Lipinski definition) is 2. The highest BCUT2D eigenvalue weighted by atomic mass is 32.2. The number of carbonyl (C=O) groups excluding carboxylic acids is 1. The predicted molar refractivity (Wildman–Crippen MR) is 236 cm³/mol. The average molecular weight is 834 g/mol. The van der Waals surface area contributed by atoms with Crippen LogP contribution < -0.4 is 14.9 Å². The van der Waals surface area contributed by atoms with Crippen molar-refractivity contribution in [3.63, 3.8) is 0 Å². The van der Waals surface area contributed by atoms with E-state index < -0.39 is 26.5 Å². The van der Waals surface area contributed by atoms with Gasteiger partial charge in [-0.25, -0.2) is 13.1 Å². The third-order valence-corrected chi connectivity index (χ3v) is 13.5. The van der Waals surface area contributed by atoms with Crippen LogP contribution >= 0.6 is 11.8 Å². The summed E-state index contributed by atoms with van der Waals surface area (Å²) in [6.45, 7) is 5.81. The van der Waals surface area contributed by atoms with Crippen LogP contribution in [0.15, 0.2) is 137 Å². The number of hydrogen-bond acceptors (Lipinski definition) is 10. The highest BCUT2D eigenvalue weighted by Gasteiger charge is 2.37. The number of nitro groups is 1. The Balaban J connectivity index is 0.980. The second-order valence-electron chi connectivity index (χ2n) is 15.1. The number of nitrogens with zero attached hydrogens (tertiary/aromatic N) is 3. The maximum atomic E-state index is 13.3. The second kappa shape index (κ2) is 19.7. The van der Waals surface area contributed by atoms with Gasteiger partial charge in [0.2, 0.25) is 0 Å². The van der Waals surface area contributed by atoms with E-state index in [4.69, 9.17) is 4.74 Å². The molecular formula is C46H51N5O6S2. The zero-order valence-corrected chi connectivity index (χ0v) is 34.8. The Morgan fingerprint density at radius 3 is 2.20 bits per heavy atom. The van der Waals surface area contributed by atoms with Crippen molar-refractivity contribution in [2.75, 3.05) is 61.8 Å². The molecule has 2 aliphatic rings. The lowest BCUT2D eigenvalue weighted by Gasteiger charge is -2.43. The van der Waals surface area contributed by atoms with Gasteiger partial charge in [0.25, 0.3) is 21.6 Å². The fourth-order valence-electron chi connectivity index (χ4n) is 7.95. The number of likely N-dealkylation sites (tertiary alicyclic amines) is 1. The number of anilines is 2. The van der Waals surface area contributed by atoms with Gasteiger partial charge in [0.05, 0.1) is 22.0 Å². The third-order valence-electron chi connectivity index (χ3n) is 11.2. The monoisotopic (exact) mass is 833 g/mol. The van der Waals surface area contributed by atoms with Crippen LogP contribution in [0, 0.1) is 10.1 Å². The van der Waals surface area contributed by atoms with Crippen molar-refractivity contribution < 1.29 is 22.9 Å². The number of rotatable bonds is 17. The molecule has 1 amide bonds. The average Bonchev–Trinajstić information content (AvgIpc) is 3.26. The summed E-state index contributed by atoms with van der Waals surface area (Å²) in [6.07, 6.45) is 6.23. The fourth-order valence-corrected chi connectivity index (χ4v) is 9.74. The molecule has 0 saturated carbocycles. The van der Waals surface area contributed by atoms with Crippen molar-refractivity contribution >= 4 is 44.8 Å². The van der Waals surface area contributed by atoms with E-state index in [2.05, 4.69) is 68.4 Å². The number of thioether (sulfide) groups is 1. The molecule has 13 heteroatoms. The molecule has 0 aromatic heterocycles. The summed E-state index contributed by atoms with van der Waals surface area (Å²) in [7, 11) is -4.41. The van der Waals surface area contributed by atoms with Crippen molar-refractivity contribution in [2.24, 2.45) is 0 Å². The number of benzene rings is 5. The molecule has 0 atom stereocenters. The highest BCUT2D eigenvalue weighted by Crippen LogP contribution is 2.36. The van der Waals surface area contributed by atoms with Gasteiger partial charge in [0.1, 0.15) is 5.69 Å². The summed E-state index contributed by atoms with van der Waals surface area (Å²) in [5.74, 6) is -0.178. The molecule has 0 aliphatic carbocycles. The highest BCUT2D eigenvalue weighted by molar-refractivity contribution is 7.99. The van der Waals surface area contributed by atoms with E-state index in [1.807, 2.05) is 48.5 Å². The maximum absolute atomic E-state index is 13.3. The Morgan fingerprint density at radius 2 is 1.49 bits per heavy atom. The quantitative estimate of drug-likeness (QED) is 0.0406. The molecule has 59 heavy (non-hydrogen) atoms. The van der Waals surface area contributed by atoms with Gasteiger partial charge in [-0.3, -0.25) is 14.9 Å². The maximum Gasteiger partial charge on any atom is 0.293 e. The summed E-state index contributed by atoms with van der Waals surface area (Å²) < 4.78 is 35.6. The number of carbonyl (C=O) groups is 1. The van der Waals surface area contributed by atoms with Crippen LogP contribution in [-0.2, 0) is 21.2 Å². The molecule has 2 fully saturated rings. The lowest BCUT2D eigenvalue weighted by Crippen LogP contribution is -2.48. The van der Waals surface area contributed by atoms with E-state index >= 15 is 0 Å². The van der Waals surface area contributed by atoms with E-state index in [0.717, 1.165) is 68.6 Å². The molecule has 11 nitrogen and oxygen atoms in total. The lowest BCUT2D eigenvalue weighted by molar-refractivity contribution is -0.384. The van der Waals surface area contributed by atoms with Gasteiger partial charge >= 0.3 is 0 Å². The van der Waals surface area contributed by atoms with Gasteiger partial charge in [0, 0.05) is 60.6 Å². The molecule has 5 aromatic rings. The summed E-state index contributed by atoms with van der Waals surface area (Å²) in [5, 5.41) is 14.9. The van der Waals surface area contributed by atoms with Gasteiger partial charge in [0.15, 0.2) is 0 Å². The predicted octanol–water partition coefficient (Wildman–Crippen LogP) is 8.67. The molecule has 5 aromatic carbocycles. The molecule has 0 bridgehead atoms. The first kappa shape index (κ1) is 41.9. The summed E-state index contributed by atoms with van der Waals surface area (Å²) in [6, 6.07) is 39.3. The molecule has 2 N–H and O–H groups in total. The minimum Gasteiger partial charge on any atom is -0.379 e. The van der Waals surface area contributed by atoms with Crippen molar-refractivity contribution in [3.05, 3.63) is 149 Å². The first-order valence-corrected chi connectivity index (χ1v) is 22.8. The molecule has 2 heterocycles. The number of piperidine rings is 2. The van der Waals surface area contributed by atoms with Crippen molar-refractivity contribution in [1.29, 1.82) is 0 Å². The summed E-state index contributed by atoms with van der Waals surface area (Å²) in [4.78, 5) is 30.0. The fraction of sp³-hybridized carbons (Fsp3) is 0.326. The number of sulfonamides is 1. The van der Waals surface area contributed by atoms with E-state index in [9.17, 15) is 23.3 Å². The smallest absolute Gasteiger partial charge is 0.293 e. The number of amides is 1. The first-order valence-electron chi connectivity index (χ1n) is 20.3. The van der Waals surface area contributed by atoms with Crippen LogP contribution in [0.5, 0.6) is 0 Å². The van der Waals surface area contributed by atoms with Gasteiger partial charge in [-0.05, 0) is 104 Å². The van der Waals surface area contributed by atoms with Crippen molar-refractivity contribution in [1.82, 2.24) is 9.62 Å². The van der Waals surface area contributed by atoms with Crippen LogP contribution in [0.25, 0.3) is 11.1 Å². The van der Waals surface area contributed by atoms with E-state index in [0.29, 0.717) is 18.9 Å². The normalized spacial score (nSPS) is 15.7. The molecule has 0 radical (unpaired) electrons. The Bertz CT molecular complexity index is 2280. The molecule has 2 aliphatic heterocycles. The minimum atomic E-state index is -4.41. The molecule has 0 spiro atoms. The van der Waals surface area contributed by atoms with Crippen LogP contribution in [0.4, 0.5) is 17.1 Å². The van der Waals surface area contributed by atoms with Crippen molar-refractivity contribution in [2.45, 2.75) is 53.9 Å². The van der Waals surface area contributed by atoms with Crippen LogP contribution in [0.1, 0.15) is 48.0 Å². The van der Waals surface area contributed by atoms with Gasteiger partial charge < -0.3 is 19.9 Å². The zero-order valence-electron chi connectivity index (χ0n) is 33.1. The number of nitro benzene ring substituents is 1. The van der Waals surface area contributed by atoms with Gasteiger partial charge in [-0.2, -0.15) is 0 Å². The minimum absolute atomic E-state index is 0.158. The second-order valence-corrected chi connectivity index (χ2v) is 18.0. The molecule has 2 saturated heterocycles. The summed E-state index contributed by atoms with van der Waals surface area (Å²) in [5.41, 5.74) is 4.23. The van der Waals surface area contributed by atoms with E-state index in [1.54, 1.807) is 23.9 Å². The molecule has 0 unspecified atom stereocenters. The largest absolute Gasteiger partial charge is 0.379 e. The lowest BCUT2D eigenvalue weighted by atomic mass is 9.82. The van der Waals surface area contributed by atoms with Crippen molar-refractivity contribution in [3.8, 4) is 11.1 Å². The van der Waals surface area contributed by atoms with E-state index in [1.165, 1.54) is 48.1 Å².